The van der Waals surface area contributed by atoms with Crippen LogP contribution in [0.2, 0.25) is 0 Å². The number of carbonyl (C=O) groups is 1. The van der Waals surface area contributed by atoms with Gasteiger partial charge in [0, 0.05) is 30.3 Å². The second-order valence-electron chi connectivity index (χ2n) is 9.15. The van der Waals surface area contributed by atoms with E-state index < -0.39 is 5.82 Å². The molecule has 35 heavy (non-hydrogen) atoms. The maximum Gasteiger partial charge on any atom is 0.310 e. The molecule has 1 atom stereocenters. The molecule has 0 aliphatic rings. The van der Waals surface area contributed by atoms with E-state index in [9.17, 15) is 14.3 Å². The van der Waals surface area contributed by atoms with Gasteiger partial charge in [-0.1, -0.05) is 25.5 Å². The standard InChI is InChI=1S/C26H40FN5O3/c1-5-8-21(11-13-33)30-25-22(18(2)29-26(28)31-25)17-20-10-9-19(15-23(20)27)16-24(34)35-14-7-6-12-32(3)4/h9-10,15,21,33H,5-8,11-14,16-17H2,1-4H3,(H3,28,29,30,31)/t21-/m0/s1. The van der Waals surface area contributed by atoms with Gasteiger partial charge in [-0.2, -0.15) is 4.98 Å². The predicted molar refractivity (Wildman–Crippen MR) is 137 cm³/mol. The third-order valence-electron chi connectivity index (χ3n) is 5.78. The number of halogens is 1. The molecule has 0 bridgehead atoms. The first kappa shape index (κ1) is 28.5. The van der Waals surface area contributed by atoms with Gasteiger partial charge in [0.05, 0.1) is 13.0 Å². The summed E-state index contributed by atoms with van der Waals surface area (Å²) in [6.07, 6.45) is 4.43. The third kappa shape index (κ3) is 9.78. The van der Waals surface area contributed by atoms with Crippen LogP contribution in [0.1, 0.15) is 61.4 Å². The lowest BCUT2D eigenvalue weighted by Crippen LogP contribution is -2.23. The number of ether oxygens (including phenoxy) is 1. The Balaban J connectivity index is 2.07. The van der Waals surface area contributed by atoms with Crippen molar-refractivity contribution in [3.63, 3.8) is 0 Å². The fourth-order valence-electron chi connectivity index (χ4n) is 3.90. The minimum Gasteiger partial charge on any atom is -0.465 e. The van der Waals surface area contributed by atoms with E-state index in [1.807, 2.05) is 21.0 Å². The SMILES string of the molecule is CCC[C@@H](CCO)Nc1nc(N)nc(C)c1Cc1ccc(CC(=O)OCCCCN(C)C)cc1F. The molecule has 9 heteroatoms. The zero-order chi connectivity index (χ0) is 25.8. The molecule has 0 radical (unpaired) electrons. The van der Waals surface area contributed by atoms with E-state index in [1.165, 1.54) is 6.07 Å². The molecule has 0 saturated carbocycles. The lowest BCUT2D eigenvalue weighted by molar-refractivity contribution is -0.142. The van der Waals surface area contributed by atoms with Crippen LogP contribution in [0.4, 0.5) is 16.2 Å². The zero-order valence-electron chi connectivity index (χ0n) is 21.4. The van der Waals surface area contributed by atoms with E-state index in [4.69, 9.17) is 10.5 Å². The molecule has 0 spiro atoms. The van der Waals surface area contributed by atoms with Gasteiger partial charge in [-0.25, -0.2) is 9.37 Å². The Kier molecular flexibility index (Phi) is 11.9. The van der Waals surface area contributed by atoms with Crippen LogP contribution in [0.15, 0.2) is 18.2 Å². The molecule has 0 saturated heterocycles. The molecule has 8 nitrogen and oxygen atoms in total. The fourth-order valence-corrected chi connectivity index (χ4v) is 3.90. The Morgan fingerprint density at radius 3 is 2.69 bits per heavy atom. The summed E-state index contributed by atoms with van der Waals surface area (Å²) in [5.74, 6) is -0.0571. The molecule has 0 unspecified atom stereocenters. The second-order valence-corrected chi connectivity index (χ2v) is 9.15. The monoisotopic (exact) mass is 489 g/mol. The third-order valence-corrected chi connectivity index (χ3v) is 5.78. The number of rotatable bonds is 15. The van der Waals surface area contributed by atoms with Crippen LogP contribution in [0.5, 0.6) is 0 Å². The molecular weight excluding hydrogens is 449 g/mol. The summed E-state index contributed by atoms with van der Waals surface area (Å²) < 4.78 is 20.3. The van der Waals surface area contributed by atoms with Crippen molar-refractivity contribution >= 4 is 17.7 Å². The van der Waals surface area contributed by atoms with Crippen LogP contribution < -0.4 is 11.1 Å². The van der Waals surface area contributed by atoms with Gasteiger partial charge in [-0.15, -0.1) is 0 Å². The first-order valence-corrected chi connectivity index (χ1v) is 12.3. The van der Waals surface area contributed by atoms with Crippen molar-refractivity contribution in [1.29, 1.82) is 0 Å². The number of nitrogens with two attached hydrogens (primary N) is 1. The molecule has 0 amide bonds. The number of benzene rings is 1. The van der Waals surface area contributed by atoms with Crippen molar-refractivity contribution in [1.82, 2.24) is 14.9 Å². The molecule has 2 rings (SSSR count). The van der Waals surface area contributed by atoms with Crippen LogP contribution >= 0.6 is 0 Å². The van der Waals surface area contributed by atoms with Gasteiger partial charge in [-0.05, 0) is 70.4 Å². The number of nitrogens with zero attached hydrogens (tertiary/aromatic N) is 3. The number of aromatic nitrogens is 2. The highest BCUT2D eigenvalue weighted by molar-refractivity contribution is 5.72. The lowest BCUT2D eigenvalue weighted by Gasteiger charge is -2.21. The highest BCUT2D eigenvalue weighted by Gasteiger charge is 2.17. The Morgan fingerprint density at radius 1 is 1.26 bits per heavy atom. The summed E-state index contributed by atoms with van der Waals surface area (Å²) in [4.78, 5) is 22.8. The van der Waals surface area contributed by atoms with Gasteiger partial charge in [0.15, 0.2) is 0 Å². The molecule has 194 valence electrons. The number of nitrogen functional groups attached to an aromatic ring is 1. The number of unbranched alkanes of at least 4 members (excludes halogenated alkanes) is 1. The molecule has 1 aromatic heterocycles. The van der Waals surface area contributed by atoms with Gasteiger partial charge < -0.3 is 25.8 Å². The topological polar surface area (TPSA) is 114 Å². The van der Waals surface area contributed by atoms with E-state index in [1.54, 1.807) is 12.1 Å². The first-order chi connectivity index (χ1) is 16.7. The maximum atomic E-state index is 15.0. The Morgan fingerprint density at radius 2 is 2.03 bits per heavy atom. The summed E-state index contributed by atoms with van der Waals surface area (Å²) >= 11 is 0. The Labute approximate surface area is 208 Å². The first-order valence-electron chi connectivity index (χ1n) is 12.3. The Hall–Kier alpha value is -2.78. The number of hydrogen-bond donors (Lipinski definition) is 3. The molecule has 1 aromatic carbocycles. The van der Waals surface area contributed by atoms with E-state index in [0.29, 0.717) is 35.7 Å². The van der Waals surface area contributed by atoms with Gasteiger partial charge in [0.2, 0.25) is 5.95 Å². The van der Waals surface area contributed by atoms with Crippen molar-refractivity contribution in [3.05, 3.63) is 46.4 Å². The number of anilines is 2. The number of aryl methyl sites for hydroxylation is 1. The van der Waals surface area contributed by atoms with Gasteiger partial charge >= 0.3 is 5.97 Å². The van der Waals surface area contributed by atoms with E-state index >= 15 is 0 Å². The van der Waals surface area contributed by atoms with Crippen LogP contribution in [-0.2, 0) is 22.4 Å². The highest BCUT2D eigenvalue weighted by Crippen LogP contribution is 2.25. The Bertz CT molecular complexity index is 949. The minimum absolute atomic E-state index is 0.0265. The average Bonchev–Trinajstić information content (AvgIpc) is 2.77. The summed E-state index contributed by atoms with van der Waals surface area (Å²) in [6.45, 7) is 5.27. The van der Waals surface area contributed by atoms with Crippen molar-refractivity contribution < 1.29 is 19.0 Å². The van der Waals surface area contributed by atoms with E-state index in [0.717, 1.165) is 37.8 Å². The fraction of sp³-hybridized carbons (Fsp3) is 0.577. The van der Waals surface area contributed by atoms with E-state index in [2.05, 4.69) is 27.1 Å². The molecule has 2 aromatic rings. The molecular formula is C26H40FN5O3. The molecule has 1 heterocycles. The number of carbonyl (C=O) groups excluding carboxylic acids is 1. The van der Waals surface area contributed by atoms with Crippen LogP contribution in [0.3, 0.4) is 0 Å². The second kappa shape index (κ2) is 14.6. The molecule has 0 aliphatic carbocycles. The van der Waals surface area contributed by atoms with Crippen molar-refractivity contribution in [2.45, 2.75) is 64.8 Å². The normalized spacial score (nSPS) is 12.1. The van der Waals surface area contributed by atoms with Crippen molar-refractivity contribution in [2.75, 3.05) is 44.9 Å². The van der Waals surface area contributed by atoms with E-state index in [-0.39, 0.29) is 37.4 Å². The lowest BCUT2D eigenvalue weighted by atomic mass is 10.0. The van der Waals surface area contributed by atoms with Crippen molar-refractivity contribution in [2.24, 2.45) is 0 Å². The van der Waals surface area contributed by atoms with Crippen LogP contribution in [0.25, 0.3) is 0 Å². The summed E-state index contributed by atoms with van der Waals surface area (Å²) in [6, 6.07) is 4.84. The maximum absolute atomic E-state index is 15.0. The quantitative estimate of drug-likeness (QED) is 0.257. The zero-order valence-corrected chi connectivity index (χ0v) is 21.4. The number of nitrogens with one attached hydrogen (secondary N) is 1. The largest absolute Gasteiger partial charge is 0.465 e. The summed E-state index contributed by atoms with van der Waals surface area (Å²) in [5.41, 5.74) is 8.33. The molecule has 4 N–H and O–H groups in total. The number of esters is 1. The van der Waals surface area contributed by atoms with Crippen LogP contribution in [0, 0.1) is 12.7 Å². The molecule has 0 fully saturated rings. The molecule has 0 aliphatic heterocycles. The van der Waals surface area contributed by atoms with Crippen molar-refractivity contribution in [3.8, 4) is 0 Å². The summed E-state index contributed by atoms with van der Waals surface area (Å²) in [5, 5.41) is 12.8. The van der Waals surface area contributed by atoms with Gasteiger partial charge in [0.25, 0.3) is 0 Å². The number of aliphatic hydroxyl groups is 1. The van der Waals surface area contributed by atoms with Crippen LogP contribution in [-0.4, -0.2) is 65.8 Å². The number of aliphatic hydroxyl groups excluding tert-OH is 1. The average molecular weight is 490 g/mol. The van der Waals surface area contributed by atoms with Gasteiger partial charge in [0.1, 0.15) is 11.6 Å². The summed E-state index contributed by atoms with van der Waals surface area (Å²) in [7, 11) is 4.01. The minimum atomic E-state index is -0.399. The highest BCUT2D eigenvalue weighted by atomic mass is 19.1. The smallest absolute Gasteiger partial charge is 0.310 e. The predicted octanol–water partition coefficient (Wildman–Crippen LogP) is 3.49. The van der Waals surface area contributed by atoms with Gasteiger partial charge in [-0.3, -0.25) is 4.79 Å². The number of hydrogen-bond acceptors (Lipinski definition) is 8.